The highest BCUT2D eigenvalue weighted by Crippen LogP contribution is 2.14. The molecule has 0 aliphatic carbocycles. The van der Waals surface area contributed by atoms with Crippen LogP contribution in [0.3, 0.4) is 0 Å². The van der Waals surface area contributed by atoms with Crippen molar-refractivity contribution in [1.82, 2.24) is 25.1 Å². The largest absolute Gasteiger partial charge is 0.351 e. The van der Waals surface area contributed by atoms with Gasteiger partial charge in [-0.15, -0.1) is 0 Å². The van der Waals surface area contributed by atoms with Crippen LogP contribution in [0.2, 0.25) is 0 Å². The van der Waals surface area contributed by atoms with Crippen LogP contribution < -0.4 is 5.32 Å². The van der Waals surface area contributed by atoms with Gasteiger partial charge in [0.1, 0.15) is 0 Å². The Morgan fingerprint density at radius 1 is 1.12 bits per heavy atom. The van der Waals surface area contributed by atoms with Crippen LogP contribution >= 0.6 is 11.8 Å². The van der Waals surface area contributed by atoms with Gasteiger partial charge in [-0.1, -0.05) is 36.0 Å². The molecule has 0 saturated carbocycles. The predicted molar refractivity (Wildman–Crippen MR) is 102 cm³/mol. The summed E-state index contributed by atoms with van der Waals surface area (Å²) in [5.41, 5.74) is 4.05. The first-order valence-electron chi connectivity index (χ1n) is 8.36. The van der Waals surface area contributed by atoms with Gasteiger partial charge in [-0.05, 0) is 37.1 Å². The van der Waals surface area contributed by atoms with Crippen LogP contribution in [0.1, 0.15) is 22.5 Å². The summed E-state index contributed by atoms with van der Waals surface area (Å²) in [5, 5.41) is 7.85. The van der Waals surface area contributed by atoms with Crippen molar-refractivity contribution in [3.05, 3.63) is 71.3 Å². The minimum atomic E-state index is -0.0355. The third-order valence-electron chi connectivity index (χ3n) is 3.78. The molecular formula is C19H21N5OS. The molecule has 0 bridgehead atoms. The molecule has 0 aliphatic rings. The lowest BCUT2D eigenvalue weighted by Gasteiger charge is -2.11. The molecule has 1 N–H and O–H groups in total. The second kappa shape index (κ2) is 8.62. The summed E-state index contributed by atoms with van der Waals surface area (Å²) in [4.78, 5) is 20.9. The molecule has 3 rings (SSSR count). The van der Waals surface area contributed by atoms with Crippen LogP contribution in [0.4, 0.5) is 0 Å². The molecule has 1 aromatic carbocycles. The number of rotatable bonds is 7. The molecule has 0 unspecified atom stereocenters. The maximum absolute atomic E-state index is 12.2. The topological polar surface area (TPSA) is 72.7 Å². The Balaban J connectivity index is 1.54. The minimum Gasteiger partial charge on any atom is -0.351 e. The van der Waals surface area contributed by atoms with Crippen LogP contribution in [0.15, 0.2) is 53.9 Å². The monoisotopic (exact) mass is 367 g/mol. The van der Waals surface area contributed by atoms with Gasteiger partial charge in [0.15, 0.2) is 5.16 Å². The molecule has 3 aromatic rings. The molecule has 0 fully saturated rings. The predicted octanol–water partition coefficient (Wildman–Crippen LogP) is 2.75. The quantitative estimate of drug-likeness (QED) is 0.513. The average molecular weight is 367 g/mol. The number of thioether (sulfide) groups is 1. The molecule has 0 aliphatic heterocycles. The summed E-state index contributed by atoms with van der Waals surface area (Å²) in [6.07, 6.45) is 3.69. The van der Waals surface area contributed by atoms with Crippen LogP contribution in [0, 0.1) is 13.8 Å². The number of benzene rings is 1. The Morgan fingerprint density at radius 3 is 2.54 bits per heavy atom. The van der Waals surface area contributed by atoms with Gasteiger partial charge in [0.05, 0.1) is 12.3 Å². The van der Waals surface area contributed by atoms with Gasteiger partial charge in [0.25, 0.3) is 0 Å². The zero-order valence-electron chi connectivity index (χ0n) is 14.8. The average Bonchev–Trinajstić information content (AvgIpc) is 3.11. The molecule has 2 heterocycles. The van der Waals surface area contributed by atoms with E-state index in [-0.39, 0.29) is 5.91 Å². The van der Waals surface area contributed by atoms with E-state index in [2.05, 4.69) is 26.4 Å². The number of hydrogen-bond donors (Lipinski definition) is 1. The van der Waals surface area contributed by atoms with E-state index in [9.17, 15) is 4.79 Å². The Hall–Kier alpha value is -2.67. The van der Waals surface area contributed by atoms with Gasteiger partial charge in [0.2, 0.25) is 5.91 Å². The van der Waals surface area contributed by atoms with E-state index in [1.807, 2.05) is 55.1 Å². The van der Waals surface area contributed by atoms with Gasteiger partial charge >= 0.3 is 0 Å². The molecule has 26 heavy (non-hydrogen) atoms. The summed E-state index contributed by atoms with van der Waals surface area (Å²) in [7, 11) is 0. The van der Waals surface area contributed by atoms with Crippen LogP contribution in [-0.2, 0) is 17.9 Å². The van der Waals surface area contributed by atoms with Crippen molar-refractivity contribution < 1.29 is 4.79 Å². The lowest BCUT2D eigenvalue weighted by atomic mass is 10.1. The first kappa shape index (κ1) is 18.1. The first-order valence-corrected chi connectivity index (χ1v) is 9.35. The molecular weight excluding hydrogens is 346 g/mol. The highest BCUT2D eigenvalue weighted by atomic mass is 32.2. The lowest BCUT2D eigenvalue weighted by Crippen LogP contribution is -2.25. The highest BCUT2D eigenvalue weighted by molar-refractivity contribution is 7.99. The van der Waals surface area contributed by atoms with Crippen molar-refractivity contribution in [2.75, 3.05) is 5.75 Å². The van der Waals surface area contributed by atoms with Gasteiger partial charge < -0.3 is 5.32 Å². The number of aryl methyl sites for hydroxylation is 2. The fraction of sp³-hybridized carbons (Fsp3) is 0.263. The van der Waals surface area contributed by atoms with E-state index in [1.165, 1.54) is 11.8 Å². The van der Waals surface area contributed by atoms with Gasteiger partial charge in [-0.2, -0.15) is 5.10 Å². The van der Waals surface area contributed by atoms with E-state index >= 15 is 0 Å². The molecule has 2 aromatic heterocycles. The van der Waals surface area contributed by atoms with E-state index < -0.39 is 0 Å². The zero-order chi connectivity index (χ0) is 18.4. The van der Waals surface area contributed by atoms with Crippen molar-refractivity contribution in [3.8, 4) is 0 Å². The van der Waals surface area contributed by atoms with Gasteiger partial charge in [0, 0.05) is 30.3 Å². The van der Waals surface area contributed by atoms with Crippen LogP contribution in [-0.4, -0.2) is 31.4 Å². The zero-order valence-corrected chi connectivity index (χ0v) is 15.7. The van der Waals surface area contributed by atoms with Crippen LogP contribution in [0.5, 0.6) is 0 Å². The number of amides is 1. The number of nitrogens with one attached hydrogen (secondary N) is 1. The summed E-state index contributed by atoms with van der Waals surface area (Å²) in [5.74, 6) is 0.260. The second-order valence-corrected chi connectivity index (χ2v) is 6.91. The molecule has 0 spiro atoms. The third kappa shape index (κ3) is 5.16. The Kier molecular flexibility index (Phi) is 6.01. The minimum absolute atomic E-state index is 0.0355. The van der Waals surface area contributed by atoms with E-state index in [0.717, 1.165) is 22.5 Å². The first-order chi connectivity index (χ1) is 12.6. The molecule has 134 valence electrons. The van der Waals surface area contributed by atoms with E-state index in [1.54, 1.807) is 6.20 Å². The van der Waals surface area contributed by atoms with Gasteiger partial charge in [-0.3, -0.25) is 9.48 Å². The van der Waals surface area contributed by atoms with Crippen molar-refractivity contribution in [2.45, 2.75) is 32.1 Å². The smallest absolute Gasteiger partial charge is 0.230 e. The molecule has 0 saturated heterocycles. The van der Waals surface area contributed by atoms with Crippen molar-refractivity contribution >= 4 is 17.7 Å². The summed E-state index contributed by atoms with van der Waals surface area (Å²) in [6.45, 7) is 5.03. The van der Waals surface area contributed by atoms with Gasteiger partial charge in [-0.25, -0.2) is 9.97 Å². The summed E-state index contributed by atoms with van der Waals surface area (Å²) >= 11 is 1.35. The molecule has 0 radical (unpaired) electrons. The van der Waals surface area contributed by atoms with Crippen molar-refractivity contribution in [3.63, 3.8) is 0 Å². The van der Waals surface area contributed by atoms with E-state index in [0.29, 0.717) is 24.0 Å². The molecule has 7 heteroatoms. The summed E-state index contributed by atoms with van der Waals surface area (Å²) < 4.78 is 1.87. The molecule has 1 amide bonds. The Bertz CT molecular complexity index is 859. The molecule has 6 nitrogen and oxygen atoms in total. The van der Waals surface area contributed by atoms with Crippen molar-refractivity contribution in [1.29, 1.82) is 0 Å². The maximum atomic E-state index is 12.2. The maximum Gasteiger partial charge on any atom is 0.230 e. The fourth-order valence-electron chi connectivity index (χ4n) is 2.59. The van der Waals surface area contributed by atoms with Crippen LogP contribution in [0.25, 0.3) is 0 Å². The van der Waals surface area contributed by atoms with Crippen molar-refractivity contribution in [2.24, 2.45) is 0 Å². The number of hydrogen-bond acceptors (Lipinski definition) is 5. The third-order valence-corrected chi connectivity index (χ3v) is 4.63. The van der Waals surface area contributed by atoms with E-state index in [4.69, 9.17) is 0 Å². The molecule has 0 atom stereocenters. The number of carbonyl (C=O) groups is 1. The number of aromatic nitrogens is 4. The lowest BCUT2D eigenvalue weighted by molar-refractivity contribution is -0.118. The SMILES string of the molecule is Cc1cc(C)nc(SCC(=O)NCc2ccccc2Cn2cccn2)n1. The highest BCUT2D eigenvalue weighted by Gasteiger charge is 2.08. The Morgan fingerprint density at radius 2 is 1.85 bits per heavy atom. The standard InChI is InChI=1S/C19H21N5OS/c1-14-10-15(2)23-19(22-14)26-13-18(25)20-11-16-6-3-4-7-17(16)12-24-9-5-8-21-24/h3-10H,11-13H2,1-2H3,(H,20,25). The number of carbonyl (C=O) groups excluding carboxylic acids is 1. The normalized spacial score (nSPS) is 10.7. The fourth-order valence-corrected chi connectivity index (χ4v) is 3.37. The summed E-state index contributed by atoms with van der Waals surface area (Å²) in [6, 6.07) is 11.9. The number of nitrogens with zero attached hydrogens (tertiary/aromatic N) is 4. The second-order valence-electron chi connectivity index (χ2n) is 5.97. The Labute approximate surface area is 157 Å².